The first kappa shape index (κ1) is 21.1. The molecule has 0 atom stereocenters. The number of rotatable bonds is 8. The Morgan fingerprint density at radius 2 is 2.03 bits per heavy atom. The molecule has 0 fully saturated rings. The number of nitrogens with one attached hydrogen (secondary N) is 1. The highest BCUT2D eigenvalue weighted by molar-refractivity contribution is 7.99. The minimum atomic E-state index is -0.112. The molecule has 8 heteroatoms. The maximum absolute atomic E-state index is 12.6. The van der Waals surface area contributed by atoms with Gasteiger partial charge >= 0.3 is 0 Å². The van der Waals surface area contributed by atoms with Gasteiger partial charge in [0.25, 0.3) is 0 Å². The Kier molecular flexibility index (Phi) is 7.06. The van der Waals surface area contributed by atoms with Crippen LogP contribution in [-0.4, -0.2) is 29.7 Å². The summed E-state index contributed by atoms with van der Waals surface area (Å²) in [6, 6.07) is 11.0. The lowest BCUT2D eigenvalue weighted by Gasteiger charge is -2.13. The summed E-state index contributed by atoms with van der Waals surface area (Å²) in [5.41, 5.74) is 1.57. The van der Waals surface area contributed by atoms with Crippen LogP contribution in [0.2, 0.25) is 5.02 Å². The van der Waals surface area contributed by atoms with Gasteiger partial charge in [0.05, 0.1) is 19.9 Å². The number of nitrogens with zero attached hydrogens (tertiary/aromatic N) is 2. The highest BCUT2D eigenvalue weighted by atomic mass is 35.5. The normalized spacial score (nSPS) is 10.6. The van der Waals surface area contributed by atoms with E-state index in [0.717, 1.165) is 27.1 Å². The van der Waals surface area contributed by atoms with E-state index in [-0.39, 0.29) is 5.91 Å². The summed E-state index contributed by atoms with van der Waals surface area (Å²) >= 11 is 7.61. The number of amides is 1. The number of halogens is 1. The van der Waals surface area contributed by atoms with Crippen molar-refractivity contribution in [3.05, 3.63) is 59.4 Å². The standard InChI is InChI=1S/C21H22ClN3O3S/c1-25-11-10-23-21(25)29-19-8-5-15(22)13-17(19)24-20(26)9-4-14-12-16(27-2)6-7-18(14)28-3/h5-8,10-13H,4,9H2,1-3H3,(H,24,26). The Balaban J connectivity index is 1.71. The smallest absolute Gasteiger partial charge is 0.224 e. The van der Waals surface area contributed by atoms with Gasteiger partial charge in [0.15, 0.2) is 5.16 Å². The van der Waals surface area contributed by atoms with E-state index < -0.39 is 0 Å². The van der Waals surface area contributed by atoms with Crippen LogP contribution in [0.25, 0.3) is 0 Å². The second-order valence-corrected chi connectivity index (χ2v) is 7.73. The first-order valence-corrected chi connectivity index (χ1v) is 10.1. The van der Waals surface area contributed by atoms with Gasteiger partial charge in [0, 0.05) is 35.8 Å². The van der Waals surface area contributed by atoms with E-state index in [9.17, 15) is 4.79 Å². The molecule has 3 rings (SSSR count). The van der Waals surface area contributed by atoms with Crippen molar-refractivity contribution in [1.82, 2.24) is 9.55 Å². The average Bonchev–Trinajstić information content (AvgIpc) is 3.12. The lowest BCUT2D eigenvalue weighted by atomic mass is 10.1. The van der Waals surface area contributed by atoms with Crippen molar-refractivity contribution in [2.75, 3.05) is 19.5 Å². The minimum absolute atomic E-state index is 0.112. The number of carbonyl (C=O) groups is 1. The van der Waals surface area contributed by atoms with E-state index in [1.807, 2.05) is 42.1 Å². The van der Waals surface area contributed by atoms with E-state index in [1.54, 1.807) is 32.5 Å². The van der Waals surface area contributed by atoms with Crippen LogP contribution in [0.1, 0.15) is 12.0 Å². The van der Waals surface area contributed by atoms with Gasteiger partial charge in [-0.1, -0.05) is 11.6 Å². The molecule has 0 unspecified atom stereocenters. The molecule has 0 spiro atoms. The van der Waals surface area contributed by atoms with Crippen LogP contribution in [0.15, 0.2) is 58.8 Å². The number of hydrogen-bond acceptors (Lipinski definition) is 5. The molecule has 1 aromatic heterocycles. The van der Waals surface area contributed by atoms with E-state index in [4.69, 9.17) is 21.1 Å². The number of aromatic nitrogens is 2. The lowest BCUT2D eigenvalue weighted by Crippen LogP contribution is -2.13. The minimum Gasteiger partial charge on any atom is -0.497 e. The molecule has 1 heterocycles. The Morgan fingerprint density at radius 3 is 2.72 bits per heavy atom. The van der Waals surface area contributed by atoms with Gasteiger partial charge in [-0.3, -0.25) is 4.79 Å². The molecule has 1 N–H and O–H groups in total. The van der Waals surface area contributed by atoms with E-state index in [1.165, 1.54) is 11.8 Å². The second kappa shape index (κ2) is 9.71. The molecule has 0 saturated heterocycles. The van der Waals surface area contributed by atoms with Crippen LogP contribution in [-0.2, 0) is 18.3 Å². The van der Waals surface area contributed by atoms with Crippen molar-refractivity contribution in [3.8, 4) is 11.5 Å². The molecule has 0 saturated carbocycles. The molecule has 0 aliphatic rings. The molecule has 152 valence electrons. The zero-order valence-corrected chi connectivity index (χ0v) is 18.0. The number of benzene rings is 2. The molecule has 3 aromatic rings. The monoisotopic (exact) mass is 431 g/mol. The fraction of sp³-hybridized carbons (Fsp3) is 0.238. The second-order valence-electron chi connectivity index (χ2n) is 6.29. The molecule has 0 aliphatic heterocycles. The molecule has 6 nitrogen and oxygen atoms in total. The van der Waals surface area contributed by atoms with Gasteiger partial charge in [-0.15, -0.1) is 0 Å². The van der Waals surface area contributed by atoms with Crippen LogP contribution in [0.3, 0.4) is 0 Å². The number of aryl methyl sites for hydroxylation is 2. The van der Waals surface area contributed by atoms with Crippen molar-refractivity contribution in [2.45, 2.75) is 22.9 Å². The Labute approximate surface area is 179 Å². The van der Waals surface area contributed by atoms with Crippen molar-refractivity contribution < 1.29 is 14.3 Å². The van der Waals surface area contributed by atoms with Gasteiger partial charge in [0.2, 0.25) is 5.91 Å². The Hall–Kier alpha value is -2.64. The first-order valence-electron chi connectivity index (χ1n) is 8.95. The van der Waals surface area contributed by atoms with Crippen molar-refractivity contribution in [3.63, 3.8) is 0 Å². The third-order valence-electron chi connectivity index (χ3n) is 4.30. The first-order chi connectivity index (χ1) is 14.0. The number of methoxy groups -OCH3 is 2. The molecule has 0 radical (unpaired) electrons. The molecular formula is C21H22ClN3O3S. The van der Waals surface area contributed by atoms with Gasteiger partial charge in [-0.25, -0.2) is 4.98 Å². The van der Waals surface area contributed by atoms with Gasteiger partial charge in [0.1, 0.15) is 11.5 Å². The van der Waals surface area contributed by atoms with Crippen molar-refractivity contribution in [2.24, 2.45) is 7.05 Å². The Bertz CT molecular complexity index is 1010. The van der Waals surface area contributed by atoms with E-state index >= 15 is 0 Å². The van der Waals surface area contributed by atoms with Crippen LogP contribution in [0.4, 0.5) is 5.69 Å². The lowest BCUT2D eigenvalue weighted by molar-refractivity contribution is -0.116. The van der Waals surface area contributed by atoms with Crippen molar-refractivity contribution >= 4 is 35.0 Å². The van der Waals surface area contributed by atoms with E-state index in [0.29, 0.717) is 23.6 Å². The van der Waals surface area contributed by atoms with Gasteiger partial charge in [-0.05, 0) is 60.1 Å². The predicted octanol–water partition coefficient (Wildman–Crippen LogP) is 4.81. The maximum Gasteiger partial charge on any atom is 0.224 e. The zero-order chi connectivity index (χ0) is 20.8. The summed E-state index contributed by atoms with van der Waals surface area (Å²) in [6.07, 6.45) is 4.42. The largest absolute Gasteiger partial charge is 0.497 e. The fourth-order valence-corrected chi connectivity index (χ4v) is 3.82. The number of carbonyl (C=O) groups excluding carboxylic acids is 1. The van der Waals surface area contributed by atoms with Crippen LogP contribution < -0.4 is 14.8 Å². The molecule has 2 aromatic carbocycles. The molecule has 29 heavy (non-hydrogen) atoms. The van der Waals surface area contributed by atoms with Crippen LogP contribution in [0.5, 0.6) is 11.5 Å². The molecule has 0 aliphatic carbocycles. The number of ether oxygens (including phenoxy) is 2. The van der Waals surface area contributed by atoms with Gasteiger partial charge in [-0.2, -0.15) is 0 Å². The summed E-state index contributed by atoms with van der Waals surface area (Å²) in [4.78, 5) is 17.8. The highest BCUT2D eigenvalue weighted by Gasteiger charge is 2.13. The summed E-state index contributed by atoms with van der Waals surface area (Å²) in [7, 11) is 5.14. The predicted molar refractivity (Wildman–Crippen MR) is 115 cm³/mol. The zero-order valence-electron chi connectivity index (χ0n) is 16.4. The average molecular weight is 432 g/mol. The van der Waals surface area contributed by atoms with Crippen LogP contribution >= 0.6 is 23.4 Å². The number of anilines is 1. The molecular weight excluding hydrogens is 410 g/mol. The van der Waals surface area contributed by atoms with Crippen LogP contribution in [0, 0.1) is 0 Å². The number of hydrogen-bond donors (Lipinski definition) is 1. The summed E-state index contributed by atoms with van der Waals surface area (Å²) in [5.74, 6) is 1.34. The summed E-state index contributed by atoms with van der Waals surface area (Å²) in [5, 5.41) is 4.34. The topological polar surface area (TPSA) is 65.4 Å². The number of imidazole rings is 1. The summed E-state index contributed by atoms with van der Waals surface area (Å²) in [6.45, 7) is 0. The molecule has 1 amide bonds. The Morgan fingerprint density at radius 1 is 1.21 bits per heavy atom. The SMILES string of the molecule is COc1ccc(OC)c(CCC(=O)Nc2cc(Cl)ccc2Sc2nccn2C)c1. The third-order valence-corrected chi connectivity index (χ3v) is 5.69. The maximum atomic E-state index is 12.6. The summed E-state index contributed by atoms with van der Waals surface area (Å²) < 4.78 is 12.6. The highest BCUT2D eigenvalue weighted by Crippen LogP contribution is 2.34. The molecule has 0 bridgehead atoms. The quantitative estimate of drug-likeness (QED) is 0.554. The third kappa shape index (κ3) is 5.46. The van der Waals surface area contributed by atoms with Gasteiger partial charge < -0.3 is 19.4 Å². The van der Waals surface area contributed by atoms with Crippen molar-refractivity contribution in [1.29, 1.82) is 0 Å². The fourth-order valence-electron chi connectivity index (χ4n) is 2.78. The van der Waals surface area contributed by atoms with E-state index in [2.05, 4.69) is 10.3 Å².